The third-order valence-electron chi connectivity index (χ3n) is 3.82. The van der Waals surface area contributed by atoms with E-state index in [4.69, 9.17) is 4.74 Å². The van der Waals surface area contributed by atoms with Crippen molar-refractivity contribution in [3.05, 3.63) is 35.9 Å². The van der Waals surface area contributed by atoms with Crippen LogP contribution < -0.4 is 5.32 Å². The molecule has 0 radical (unpaired) electrons. The Labute approximate surface area is 117 Å². The van der Waals surface area contributed by atoms with Gasteiger partial charge in [0, 0.05) is 19.7 Å². The number of rotatable bonds is 2. The summed E-state index contributed by atoms with van der Waals surface area (Å²) in [6.45, 7) is 1.66. The molecule has 2 atom stereocenters. The molecule has 3 rings (SSSR count). The lowest BCUT2D eigenvalue weighted by atomic mass is 10.0. The maximum atomic E-state index is 12.6. The molecule has 5 nitrogen and oxygen atoms in total. The molecular formula is C15H18N2O3. The van der Waals surface area contributed by atoms with Gasteiger partial charge in [0.25, 0.3) is 5.91 Å². The number of benzene rings is 1. The van der Waals surface area contributed by atoms with Crippen LogP contribution in [-0.2, 0) is 14.3 Å². The van der Waals surface area contributed by atoms with Crippen LogP contribution in [0.15, 0.2) is 30.3 Å². The van der Waals surface area contributed by atoms with Crippen LogP contribution in [0, 0.1) is 0 Å². The third kappa shape index (κ3) is 2.41. The molecule has 2 aliphatic rings. The maximum absolute atomic E-state index is 12.6. The summed E-state index contributed by atoms with van der Waals surface area (Å²) in [4.78, 5) is 26.4. The number of hydrogen-bond acceptors (Lipinski definition) is 3. The molecule has 0 spiro atoms. The van der Waals surface area contributed by atoms with Gasteiger partial charge in [-0.2, -0.15) is 0 Å². The topological polar surface area (TPSA) is 58.6 Å². The van der Waals surface area contributed by atoms with Crippen LogP contribution in [0.3, 0.4) is 0 Å². The van der Waals surface area contributed by atoms with Crippen molar-refractivity contribution in [2.24, 2.45) is 0 Å². The number of hydrogen-bond donors (Lipinski definition) is 1. The van der Waals surface area contributed by atoms with Gasteiger partial charge in [0.2, 0.25) is 5.91 Å². The molecular weight excluding hydrogens is 256 g/mol. The molecule has 2 unspecified atom stereocenters. The lowest BCUT2D eigenvalue weighted by molar-refractivity contribution is -0.150. The zero-order valence-corrected chi connectivity index (χ0v) is 11.2. The monoisotopic (exact) mass is 274 g/mol. The van der Waals surface area contributed by atoms with Crippen molar-refractivity contribution in [2.45, 2.75) is 25.0 Å². The van der Waals surface area contributed by atoms with Gasteiger partial charge in [0.05, 0.1) is 0 Å². The van der Waals surface area contributed by atoms with Crippen molar-refractivity contribution in [3.8, 4) is 0 Å². The fraction of sp³-hybridized carbons (Fsp3) is 0.467. The number of carbonyl (C=O) groups is 2. The van der Waals surface area contributed by atoms with Gasteiger partial charge in [-0.05, 0) is 18.4 Å². The molecule has 0 bridgehead atoms. The minimum atomic E-state index is -0.540. The van der Waals surface area contributed by atoms with Crippen molar-refractivity contribution in [3.63, 3.8) is 0 Å². The second-order valence-electron chi connectivity index (χ2n) is 5.14. The number of ether oxygens (including phenoxy) is 1. The third-order valence-corrected chi connectivity index (χ3v) is 3.82. The second kappa shape index (κ2) is 5.63. The van der Waals surface area contributed by atoms with Gasteiger partial charge in [-0.1, -0.05) is 30.3 Å². The van der Waals surface area contributed by atoms with Crippen LogP contribution in [0.25, 0.3) is 0 Å². The van der Waals surface area contributed by atoms with Gasteiger partial charge < -0.3 is 15.0 Å². The van der Waals surface area contributed by atoms with Gasteiger partial charge in [-0.15, -0.1) is 0 Å². The molecule has 5 heteroatoms. The quantitative estimate of drug-likeness (QED) is 0.870. The zero-order chi connectivity index (χ0) is 13.9. The summed E-state index contributed by atoms with van der Waals surface area (Å²) >= 11 is 0. The van der Waals surface area contributed by atoms with Crippen molar-refractivity contribution in [1.82, 2.24) is 10.2 Å². The molecule has 0 aliphatic carbocycles. The molecule has 2 aliphatic heterocycles. The summed E-state index contributed by atoms with van der Waals surface area (Å²) in [5, 5.41) is 2.83. The number of nitrogens with zero attached hydrogens (tertiary/aromatic N) is 1. The highest BCUT2D eigenvalue weighted by atomic mass is 16.5. The van der Waals surface area contributed by atoms with Gasteiger partial charge >= 0.3 is 0 Å². The molecule has 1 aromatic carbocycles. The molecule has 2 heterocycles. The highest BCUT2D eigenvalue weighted by molar-refractivity contribution is 5.91. The molecule has 20 heavy (non-hydrogen) atoms. The first-order valence-corrected chi connectivity index (χ1v) is 7.02. The first-order chi connectivity index (χ1) is 9.77. The van der Waals surface area contributed by atoms with E-state index in [9.17, 15) is 9.59 Å². The smallest absolute Gasteiger partial charge is 0.252 e. The van der Waals surface area contributed by atoms with E-state index in [-0.39, 0.29) is 17.9 Å². The summed E-state index contributed by atoms with van der Waals surface area (Å²) in [6.07, 6.45) is 1.28. The Morgan fingerprint density at radius 3 is 2.80 bits per heavy atom. The fourth-order valence-corrected chi connectivity index (χ4v) is 2.83. The summed E-state index contributed by atoms with van der Waals surface area (Å²) < 4.78 is 5.46. The largest absolute Gasteiger partial charge is 0.368 e. The Hall–Kier alpha value is -1.88. The number of amides is 2. The van der Waals surface area contributed by atoms with E-state index in [0.29, 0.717) is 19.7 Å². The first-order valence-electron chi connectivity index (χ1n) is 7.02. The fourth-order valence-electron chi connectivity index (χ4n) is 2.83. The molecule has 2 amide bonds. The average Bonchev–Trinajstić information content (AvgIpc) is 3.01. The molecule has 0 aromatic heterocycles. The minimum Gasteiger partial charge on any atom is -0.368 e. The van der Waals surface area contributed by atoms with Gasteiger partial charge in [-0.25, -0.2) is 0 Å². The van der Waals surface area contributed by atoms with E-state index >= 15 is 0 Å². The highest BCUT2D eigenvalue weighted by Crippen LogP contribution is 2.26. The number of piperazine rings is 1. The summed E-state index contributed by atoms with van der Waals surface area (Å²) in [5.74, 6) is -0.181. The van der Waals surface area contributed by atoms with E-state index in [1.54, 1.807) is 4.90 Å². The maximum Gasteiger partial charge on any atom is 0.252 e. The first kappa shape index (κ1) is 13.1. The van der Waals surface area contributed by atoms with E-state index in [1.807, 2.05) is 30.3 Å². The van der Waals surface area contributed by atoms with Crippen molar-refractivity contribution in [1.29, 1.82) is 0 Å². The molecule has 2 saturated heterocycles. The van der Waals surface area contributed by atoms with Crippen LogP contribution in [0.4, 0.5) is 0 Å². The summed E-state index contributed by atoms with van der Waals surface area (Å²) in [7, 11) is 0. The Kier molecular flexibility index (Phi) is 3.69. The van der Waals surface area contributed by atoms with Crippen LogP contribution in [-0.4, -0.2) is 42.5 Å². The van der Waals surface area contributed by atoms with E-state index in [0.717, 1.165) is 18.4 Å². The lowest BCUT2D eigenvalue weighted by Crippen LogP contribution is -2.54. The molecule has 1 N–H and O–H groups in total. The van der Waals surface area contributed by atoms with E-state index in [2.05, 4.69) is 5.32 Å². The molecule has 2 fully saturated rings. The van der Waals surface area contributed by atoms with Crippen LogP contribution in [0.5, 0.6) is 0 Å². The van der Waals surface area contributed by atoms with Crippen LogP contribution in [0.2, 0.25) is 0 Å². The zero-order valence-electron chi connectivity index (χ0n) is 11.2. The predicted molar refractivity (Wildman–Crippen MR) is 72.9 cm³/mol. The Morgan fingerprint density at radius 2 is 2.10 bits per heavy atom. The molecule has 106 valence electrons. The van der Waals surface area contributed by atoms with Gasteiger partial charge in [-0.3, -0.25) is 9.59 Å². The predicted octanol–water partition coefficient (Wildman–Crippen LogP) is 0.865. The van der Waals surface area contributed by atoms with Crippen molar-refractivity contribution >= 4 is 11.8 Å². The lowest BCUT2D eigenvalue weighted by Gasteiger charge is -2.36. The number of carbonyl (C=O) groups excluding carboxylic acids is 2. The van der Waals surface area contributed by atoms with Crippen LogP contribution >= 0.6 is 0 Å². The standard InChI is InChI=1S/C15H18N2O3/c18-14-13(11-5-2-1-3-6-11)17(9-8-16-14)15(19)12-7-4-10-20-12/h1-3,5-6,12-13H,4,7-10H2,(H,16,18). The summed E-state index contributed by atoms with van der Waals surface area (Å²) in [6, 6.07) is 8.88. The number of nitrogens with one attached hydrogen (secondary N) is 1. The Bertz CT molecular complexity index is 497. The van der Waals surface area contributed by atoms with Crippen molar-refractivity contribution < 1.29 is 14.3 Å². The normalized spacial score (nSPS) is 26.4. The Morgan fingerprint density at radius 1 is 1.30 bits per heavy atom. The summed E-state index contributed by atoms with van der Waals surface area (Å²) in [5.41, 5.74) is 0.844. The van der Waals surface area contributed by atoms with E-state index < -0.39 is 6.04 Å². The van der Waals surface area contributed by atoms with Crippen LogP contribution in [0.1, 0.15) is 24.4 Å². The van der Waals surface area contributed by atoms with E-state index in [1.165, 1.54) is 0 Å². The second-order valence-corrected chi connectivity index (χ2v) is 5.14. The average molecular weight is 274 g/mol. The van der Waals surface area contributed by atoms with Crippen molar-refractivity contribution in [2.75, 3.05) is 19.7 Å². The Balaban J connectivity index is 1.86. The molecule has 1 aromatic rings. The highest BCUT2D eigenvalue weighted by Gasteiger charge is 2.38. The molecule has 0 saturated carbocycles. The SMILES string of the molecule is O=C1NCCN(C(=O)C2CCCO2)C1c1ccccc1. The van der Waals surface area contributed by atoms with Gasteiger partial charge in [0.1, 0.15) is 12.1 Å². The minimum absolute atomic E-state index is 0.0637. The van der Waals surface area contributed by atoms with Gasteiger partial charge in [0.15, 0.2) is 0 Å².